The van der Waals surface area contributed by atoms with Crippen LogP contribution in [-0.2, 0) is 4.79 Å². The van der Waals surface area contributed by atoms with Crippen LogP contribution < -0.4 is 0 Å². The Bertz CT molecular complexity index is 789. The summed E-state index contributed by atoms with van der Waals surface area (Å²) in [5, 5.41) is 9.01. The minimum absolute atomic E-state index is 0.0163. The van der Waals surface area contributed by atoms with Gasteiger partial charge in [0.05, 0.1) is 0 Å². The predicted octanol–water partition coefficient (Wildman–Crippen LogP) is 4.02. The number of carbonyl (C=O) groups is 1. The fourth-order valence-corrected chi connectivity index (χ4v) is 3.33. The van der Waals surface area contributed by atoms with Crippen molar-refractivity contribution in [2.24, 2.45) is 0 Å². The lowest BCUT2D eigenvalue weighted by molar-refractivity contribution is -0.127. The van der Waals surface area contributed by atoms with Crippen LogP contribution in [0.25, 0.3) is 6.08 Å². The summed E-state index contributed by atoms with van der Waals surface area (Å²) in [7, 11) is 0. The lowest BCUT2D eigenvalue weighted by atomic mass is 9.97. The van der Waals surface area contributed by atoms with Gasteiger partial charge in [0, 0.05) is 36.0 Å². The molecule has 5 nitrogen and oxygen atoms in total. The zero-order valence-corrected chi connectivity index (χ0v) is 14.7. The summed E-state index contributed by atoms with van der Waals surface area (Å²) in [4.78, 5) is 14.2. The molecule has 1 saturated carbocycles. The second-order valence-electron chi connectivity index (χ2n) is 6.71. The molecule has 1 saturated heterocycles. The average Bonchev–Trinajstić information content (AvgIpc) is 3.38. The third-order valence-corrected chi connectivity index (χ3v) is 5.19. The molecule has 2 heterocycles. The summed E-state index contributed by atoms with van der Waals surface area (Å²) >= 11 is 6.11. The Morgan fingerprint density at radius 2 is 1.72 bits per heavy atom. The van der Waals surface area contributed by atoms with Gasteiger partial charge in [-0.2, -0.15) is 0 Å². The number of hydrogen-bond donors (Lipinski definition) is 0. The van der Waals surface area contributed by atoms with Crippen LogP contribution in [0, 0.1) is 0 Å². The maximum Gasteiger partial charge on any atom is 0.246 e. The van der Waals surface area contributed by atoms with Gasteiger partial charge in [-0.05, 0) is 43.4 Å². The molecule has 1 aliphatic heterocycles. The highest BCUT2D eigenvalue weighted by atomic mass is 35.5. The van der Waals surface area contributed by atoms with Gasteiger partial charge in [-0.1, -0.05) is 29.8 Å². The minimum atomic E-state index is 0.0163. The highest BCUT2D eigenvalue weighted by molar-refractivity contribution is 6.32. The molecule has 0 atom stereocenters. The van der Waals surface area contributed by atoms with Gasteiger partial charge in [0.1, 0.15) is 0 Å². The van der Waals surface area contributed by atoms with Crippen LogP contribution in [0.5, 0.6) is 0 Å². The number of piperidine rings is 1. The van der Waals surface area contributed by atoms with Crippen LogP contribution in [0.4, 0.5) is 0 Å². The Balaban J connectivity index is 1.33. The van der Waals surface area contributed by atoms with Crippen LogP contribution in [-0.4, -0.2) is 34.1 Å². The number of hydrogen-bond acceptors (Lipinski definition) is 4. The van der Waals surface area contributed by atoms with E-state index >= 15 is 0 Å². The zero-order valence-electron chi connectivity index (χ0n) is 13.9. The van der Waals surface area contributed by atoms with Gasteiger partial charge in [0.25, 0.3) is 0 Å². The summed E-state index contributed by atoms with van der Waals surface area (Å²) < 4.78 is 5.81. The van der Waals surface area contributed by atoms with E-state index in [1.165, 1.54) is 0 Å². The summed E-state index contributed by atoms with van der Waals surface area (Å²) in [6, 6.07) is 7.49. The van der Waals surface area contributed by atoms with E-state index in [-0.39, 0.29) is 11.8 Å². The van der Waals surface area contributed by atoms with Crippen LogP contribution in [0.2, 0.25) is 5.02 Å². The van der Waals surface area contributed by atoms with Crippen molar-refractivity contribution < 1.29 is 9.21 Å². The molecule has 1 amide bonds. The first-order valence-corrected chi connectivity index (χ1v) is 9.13. The van der Waals surface area contributed by atoms with Crippen LogP contribution in [0.3, 0.4) is 0 Å². The highest BCUT2D eigenvalue weighted by Gasteiger charge is 2.32. The van der Waals surface area contributed by atoms with Gasteiger partial charge in [0.2, 0.25) is 17.7 Å². The standard InChI is InChI=1S/C19H20ClN3O2/c20-16-4-2-1-3-13(16)7-8-17(24)23-11-9-15(10-12-23)19-22-21-18(25-19)14-5-6-14/h1-4,7-8,14-15H,5-6,9-12H2. The van der Waals surface area contributed by atoms with E-state index in [2.05, 4.69) is 10.2 Å². The quantitative estimate of drug-likeness (QED) is 0.775. The molecular weight excluding hydrogens is 338 g/mol. The van der Waals surface area contributed by atoms with Crippen molar-refractivity contribution in [3.05, 3.63) is 52.7 Å². The monoisotopic (exact) mass is 357 g/mol. The maximum absolute atomic E-state index is 12.4. The topological polar surface area (TPSA) is 59.2 Å². The highest BCUT2D eigenvalue weighted by Crippen LogP contribution is 2.40. The first kappa shape index (κ1) is 16.3. The average molecular weight is 358 g/mol. The molecule has 6 heteroatoms. The SMILES string of the molecule is O=C(C=Cc1ccccc1Cl)N1CCC(c2nnc(C3CC3)o2)CC1. The lowest BCUT2D eigenvalue weighted by Gasteiger charge is -2.29. The van der Waals surface area contributed by atoms with Crippen LogP contribution in [0.15, 0.2) is 34.8 Å². The minimum Gasteiger partial charge on any atom is -0.425 e. The molecule has 0 radical (unpaired) electrons. The predicted molar refractivity (Wildman–Crippen MR) is 95.3 cm³/mol. The first-order chi connectivity index (χ1) is 12.2. The maximum atomic E-state index is 12.4. The first-order valence-electron chi connectivity index (χ1n) is 8.75. The van der Waals surface area contributed by atoms with Gasteiger partial charge in [-0.25, -0.2) is 0 Å². The van der Waals surface area contributed by atoms with Crippen LogP contribution >= 0.6 is 11.6 Å². The Morgan fingerprint density at radius 3 is 2.36 bits per heavy atom. The van der Waals surface area contributed by atoms with Crippen molar-refractivity contribution >= 4 is 23.6 Å². The molecule has 1 aliphatic carbocycles. The van der Waals surface area contributed by atoms with Gasteiger partial charge >= 0.3 is 0 Å². The molecular formula is C19H20ClN3O2. The van der Waals surface area contributed by atoms with Crippen molar-refractivity contribution in [1.29, 1.82) is 0 Å². The van der Waals surface area contributed by atoms with Crippen molar-refractivity contribution in [2.45, 2.75) is 37.5 Å². The van der Waals surface area contributed by atoms with Gasteiger partial charge in [-0.3, -0.25) is 4.79 Å². The number of amides is 1. The van der Waals surface area contributed by atoms with Crippen molar-refractivity contribution in [1.82, 2.24) is 15.1 Å². The van der Waals surface area contributed by atoms with Crippen molar-refractivity contribution in [3.63, 3.8) is 0 Å². The third-order valence-electron chi connectivity index (χ3n) is 4.85. The summed E-state index contributed by atoms with van der Waals surface area (Å²) in [5.41, 5.74) is 0.853. The van der Waals surface area contributed by atoms with Crippen LogP contribution in [0.1, 0.15) is 54.9 Å². The third kappa shape index (κ3) is 3.76. The number of nitrogens with zero attached hydrogens (tertiary/aromatic N) is 3. The molecule has 0 spiro atoms. The van der Waals surface area contributed by atoms with Gasteiger partial charge < -0.3 is 9.32 Å². The number of likely N-dealkylation sites (tertiary alicyclic amines) is 1. The second-order valence-corrected chi connectivity index (χ2v) is 7.11. The van der Waals surface area contributed by atoms with E-state index in [9.17, 15) is 4.79 Å². The number of benzene rings is 1. The van der Waals surface area contributed by atoms with E-state index in [1.54, 1.807) is 12.2 Å². The van der Waals surface area contributed by atoms with Crippen molar-refractivity contribution in [2.75, 3.05) is 13.1 Å². The zero-order chi connectivity index (χ0) is 17.2. The smallest absolute Gasteiger partial charge is 0.246 e. The van der Waals surface area contributed by atoms with Gasteiger partial charge in [0.15, 0.2) is 0 Å². The Kier molecular flexibility index (Phi) is 4.57. The van der Waals surface area contributed by atoms with E-state index in [1.807, 2.05) is 29.2 Å². The fraction of sp³-hybridized carbons (Fsp3) is 0.421. The molecule has 130 valence electrons. The molecule has 2 aliphatic rings. The molecule has 2 aromatic rings. The molecule has 4 rings (SSSR count). The largest absolute Gasteiger partial charge is 0.425 e. The Labute approximate surface area is 151 Å². The molecule has 0 N–H and O–H groups in total. The molecule has 0 unspecified atom stereocenters. The number of halogens is 1. The van der Waals surface area contributed by atoms with E-state index in [0.29, 0.717) is 24.0 Å². The Hall–Kier alpha value is -2.14. The molecule has 1 aromatic heterocycles. The van der Waals surface area contributed by atoms with Gasteiger partial charge in [-0.15, -0.1) is 10.2 Å². The summed E-state index contributed by atoms with van der Waals surface area (Å²) in [6.07, 6.45) is 7.41. The van der Waals surface area contributed by atoms with E-state index in [0.717, 1.165) is 43.0 Å². The van der Waals surface area contributed by atoms with Crippen molar-refractivity contribution in [3.8, 4) is 0 Å². The summed E-state index contributed by atoms with van der Waals surface area (Å²) in [6.45, 7) is 1.41. The molecule has 25 heavy (non-hydrogen) atoms. The molecule has 1 aromatic carbocycles. The molecule has 0 bridgehead atoms. The second kappa shape index (κ2) is 7.00. The van der Waals surface area contributed by atoms with E-state index in [4.69, 9.17) is 16.0 Å². The number of aromatic nitrogens is 2. The number of carbonyl (C=O) groups excluding carboxylic acids is 1. The Morgan fingerprint density at radius 1 is 1.08 bits per heavy atom. The fourth-order valence-electron chi connectivity index (χ4n) is 3.13. The van der Waals surface area contributed by atoms with E-state index < -0.39 is 0 Å². The summed E-state index contributed by atoms with van der Waals surface area (Å²) in [5.74, 6) is 2.29. The molecule has 2 fully saturated rings. The normalized spacial score (nSPS) is 18.8. The number of rotatable bonds is 4. The lowest BCUT2D eigenvalue weighted by Crippen LogP contribution is -2.36.